The number of allylic oxidation sites excluding steroid dienone is 2. The number of anilines is 1. The van der Waals surface area contributed by atoms with Gasteiger partial charge in [-0.2, -0.15) is 0 Å². The smallest absolute Gasteiger partial charge is 0.137 e. The van der Waals surface area contributed by atoms with E-state index in [0.717, 1.165) is 53.4 Å². The van der Waals surface area contributed by atoms with Gasteiger partial charge in [0.1, 0.15) is 17.4 Å². The van der Waals surface area contributed by atoms with Gasteiger partial charge in [-0.25, -0.2) is 4.99 Å². The fourth-order valence-corrected chi connectivity index (χ4v) is 11.6. The molecule has 12 rings (SSSR count). The van der Waals surface area contributed by atoms with Crippen LogP contribution in [0.15, 0.2) is 179 Å². The molecule has 0 bridgehead atoms. The number of benzene rings is 6. The molecule has 0 spiro atoms. The number of rotatable bonds is 6. The summed E-state index contributed by atoms with van der Waals surface area (Å²) in [5.74, 6) is 3.40. The first-order valence-electron chi connectivity index (χ1n) is 21.8. The Morgan fingerprint density at radius 1 is 0.629 bits per heavy atom. The van der Waals surface area contributed by atoms with E-state index >= 15 is 0 Å². The van der Waals surface area contributed by atoms with Crippen molar-refractivity contribution in [1.82, 2.24) is 4.90 Å². The minimum atomic E-state index is 0.0226. The van der Waals surface area contributed by atoms with Gasteiger partial charge in [0.15, 0.2) is 0 Å². The van der Waals surface area contributed by atoms with Crippen molar-refractivity contribution in [2.45, 2.75) is 37.3 Å². The summed E-state index contributed by atoms with van der Waals surface area (Å²) >= 11 is 1.92. The zero-order chi connectivity index (χ0) is 41.3. The zero-order valence-corrected chi connectivity index (χ0v) is 35.6. The summed E-state index contributed by atoms with van der Waals surface area (Å²) in [5.41, 5.74) is 15.9. The third kappa shape index (κ3) is 6.06. The number of hydrogen-bond acceptors (Lipinski definition) is 5. The second kappa shape index (κ2) is 14.9. The van der Waals surface area contributed by atoms with E-state index in [9.17, 15) is 0 Å². The first-order valence-corrected chi connectivity index (χ1v) is 22.6. The SMILES string of the molecule is CN1C(c2ccc(C3c4sc5ccccc5c4-c4cc(-c5ccccc5)ccc4N3C)cc2)=NC(c2ccc(C3CC=Cc4c3oc3c4C=CCC3)cc2)=CC1c1ccccc1. The highest BCUT2D eigenvalue weighted by molar-refractivity contribution is 7.19. The number of hydrogen-bond donors (Lipinski definition) is 0. The molecule has 300 valence electrons. The second-order valence-electron chi connectivity index (χ2n) is 17.0. The molecule has 6 aromatic carbocycles. The lowest BCUT2D eigenvalue weighted by Gasteiger charge is -2.37. The average Bonchev–Trinajstić information content (AvgIpc) is 3.92. The first kappa shape index (κ1) is 36.9. The van der Waals surface area contributed by atoms with E-state index in [0.29, 0.717) is 0 Å². The Kier molecular flexibility index (Phi) is 8.86. The van der Waals surface area contributed by atoms with Gasteiger partial charge in [0.25, 0.3) is 0 Å². The largest absolute Gasteiger partial charge is 0.464 e. The summed E-state index contributed by atoms with van der Waals surface area (Å²) in [6.07, 6.45) is 14.3. The second-order valence-corrected chi connectivity index (χ2v) is 18.1. The topological polar surface area (TPSA) is 32.0 Å². The Balaban J connectivity index is 0.897. The van der Waals surface area contributed by atoms with Gasteiger partial charge in [0.2, 0.25) is 0 Å². The highest BCUT2D eigenvalue weighted by Crippen LogP contribution is 2.54. The van der Waals surface area contributed by atoms with Crippen molar-refractivity contribution >= 4 is 50.8 Å². The lowest BCUT2D eigenvalue weighted by molar-refractivity contribution is 0.435. The van der Waals surface area contributed by atoms with E-state index in [1.54, 1.807) is 0 Å². The van der Waals surface area contributed by atoms with E-state index < -0.39 is 0 Å². The van der Waals surface area contributed by atoms with Crippen LogP contribution in [0.4, 0.5) is 5.69 Å². The van der Waals surface area contributed by atoms with Crippen molar-refractivity contribution in [3.63, 3.8) is 0 Å². The molecule has 0 N–H and O–H groups in total. The predicted molar refractivity (Wildman–Crippen MR) is 259 cm³/mol. The molecular weight excluding hydrogens is 775 g/mol. The van der Waals surface area contributed by atoms with Crippen molar-refractivity contribution < 1.29 is 4.42 Å². The molecule has 2 aromatic heterocycles. The van der Waals surface area contributed by atoms with Crippen LogP contribution in [0.2, 0.25) is 0 Å². The van der Waals surface area contributed by atoms with Crippen LogP contribution in [-0.4, -0.2) is 24.8 Å². The van der Waals surface area contributed by atoms with Gasteiger partial charge in [-0.3, -0.25) is 0 Å². The summed E-state index contributed by atoms with van der Waals surface area (Å²) in [4.78, 5) is 11.6. The summed E-state index contributed by atoms with van der Waals surface area (Å²) in [6.45, 7) is 0. The lowest BCUT2D eigenvalue weighted by Crippen LogP contribution is -2.33. The molecule has 62 heavy (non-hydrogen) atoms. The average molecular weight is 820 g/mol. The fraction of sp³-hybridized carbons (Fsp3) is 0.140. The number of furan rings is 1. The van der Waals surface area contributed by atoms with Crippen molar-refractivity contribution in [2.75, 3.05) is 19.0 Å². The number of amidine groups is 1. The summed E-state index contributed by atoms with van der Waals surface area (Å²) in [7, 11) is 4.42. The van der Waals surface area contributed by atoms with E-state index in [1.807, 2.05) is 11.3 Å². The van der Waals surface area contributed by atoms with Crippen LogP contribution in [0.5, 0.6) is 0 Å². The van der Waals surface area contributed by atoms with Crippen molar-refractivity contribution in [3.05, 3.63) is 225 Å². The molecule has 3 unspecified atom stereocenters. The van der Waals surface area contributed by atoms with E-state index in [1.165, 1.54) is 70.7 Å². The molecule has 0 fully saturated rings. The van der Waals surface area contributed by atoms with Crippen molar-refractivity contribution in [3.8, 4) is 22.3 Å². The minimum absolute atomic E-state index is 0.0226. The van der Waals surface area contributed by atoms with Crippen LogP contribution in [-0.2, 0) is 6.42 Å². The Morgan fingerprint density at radius 2 is 1.34 bits per heavy atom. The van der Waals surface area contributed by atoms with Crippen LogP contribution < -0.4 is 4.90 Å². The molecule has 2 aliphatic heterocycles. The Hall–Kier alpha value is -6.95. The molecule has 4 heterocycles. The maximum atomic E-state index is 6.56. The van der Waals surface area contributed by atoms with Crippen molar-refractivity contribution in [1.29, 1.82) is 0 Å². The molecule has 5 heteroatoms. The molecular formula is C57H45N3OS. The molecule has 3 atom stereocenters. The monoisotopic (exact) mass is 819 g/mol. The van der Waals surface area contributed by atoms with E-state index in [4.69, 9.17) is 9.41 Å². The maximum absolute atomic E-state index is 6.56. The molecule has 0 radical (unpaired) electrons. The molecule has 8 aromatic rings. The van der Waals surface area contributed by atoms with Crippen LogP contribution in [0.3, 0.4) is 0 Å². The number of fused-ring (bicyclic) bond motifs is 8. The lowest BCUT2D eigenvalue weighted by atomic mass is 9.85. The number of likely N-dealkylation sites (N-methyl/N-ethyl adjacent to an activating group) is 1. The highest BCUT2D eigenvalue weighted by atomic mass is 32.1. The molecule has 4 aliphatic rings. The Labute approximate surface area is 367 Å². The van der Waals surface area contributed by atoms with Crippen molar-refractivity contribution in [2.24, 2.45) is 4.99 Å². The van der Waals surface area contributed by atoms with Gasteiger partial charge < -0.3 is 14.2 Å². The minimum Gasteiger partial charge on any atom is -0.464 e. The zero-order valence-electron chi connectivity index (χ0n) is 34.8. The van der Waals surface area contributed by atoms with Gasteiger partial charge in [-0.05, 0) is 70.5 Å². The highest BCUT2D eigenvalue weighted by Gasteiger charge is 2.34. The standard InChI is InChI=1S/C57H45N3OS/c1-59-49-33-32-42(36-14-5-3-6-15-36)34-47(49)53-46-19-10-12-23-52(46)62-56(53)54(59)40-28-30-41(31-29-40)57-58-48(35-50(60(57)2)39-16-7-4-8-17-39)38-26-24-37(25-27-38)43-20-13-21-45-44-18-9-11-22-51(44)61-55(43)45/h3-10,12-19,21,23-35,43,50,54H,11,20,22H2,1-2H3. The van der Waals surface area contributed by atoms with Gasteiger partial charge in [0, 0.05) is 74.9 Å². The van der Waals surface area contributed by atoms with E-state index in [2.05, 4.69) is 206 Å². The molecule has 0 saturated carbocycles. The van der Waals surface area contributed by atoms with Crippen LogP contribution in [0.1, 0.15) is 86.2 Å². The van der Waals surface area contributed by atoms with Crippen LogP contribution >= 0.6 is 11.3 Å². The molecule has 4 nitrogen and oxygen atoms in total. The van der Waals surface area contributed by atoms with Gasteiger partial charge in [-0.1, -0.05) is 158 Å². The Bertz CT molecular complexity index is 3130. The third-order valence-corrected chi connectivity index (χ3v) is 14.6. The first-order chi connectivity index (χ1) is 30.6. The van der Waals surface area contributed by atoms with E-state index in [-0.39, 0.29) is 18.0 Å². The number of nitrogens with zero attached hydrogens (tertiary/aromatic N) is 3. The Morgan fingerprint density at radius 3 is 2.16 bits per heavy atom. The normalized spacial score (nSPS) is 18.8. The summed E-state index contributed by atoms with van der Waals surface area (Å²) in [6, 6.07) is 55.7. The van der Waals surface area contributed by atoms with Gasteiger partial charge in [0.05, 0.1) is 17.8 Å². The van der Waals surface area contributed by atoms with Gasteiger partial charge in [-0.15, -0.1) is 11.3 Å². The molecule has 2 aliphatic carbocycles. The maximum Gasteiger partial charge on any atom is 0.137 e. The summed E-state index contributed by atoms with van der Waals surface area (Å²) < 4.78 is 7.88. The fourth-order valence-electron chi connectivity index (χ4n) is 10.3. The number of thiophene rings is 1. The number of aryl methyl sites for hydroxylation is 1. The summed E-state index contributed by atoms with van der Waals surface area (Å²) in [5, 5.41) is 1.32. The third-order valence-electron chi connectivity index (χ3n) is 13.4. The molecule has 0 saturated heterocycles. The number of aliphatic imine (C=N–C) groups is 1. The van der Waals surface area contributed by atoms with Gasteiger partial charge >= 0.3 is 0 Å². The quantitative estimate of drug-likeness (QED) is 0.167. The molecule has 0 amide bonds. The van der Waals surface area contributed by atoms with Crippen LogP contribution in [0, 0.1) is 0 Å². The predicted octanol–water partition coefficient (Wildman–Crippen LogP) is 14.4. The van der Waals surface area contributed by atoms with Crippen LogP contribution in [0.25, 0.3) is 50.2 Å².